The van der Waals surface area contributed by atoms with E-state index in [1.54, 1.807) is 0 Å². The number of para-hydroxylation sites is 1. The van der Waals surface area contributed by atoms with Gasteiger partial charge >= 0.3 is 0 Å². The van der Waals surface area contributed by atoms with E-state index in [2.05, 4.69) is 41.5 Å². The monoisotopic (exact) mass is 343 g/mol. The van der Waals surface area contributed by atoms with E-state index < -0.39 is 0 Å². The van der Waals surface area contributed by atoms with Gasteiger partial charge in [-0.3, -0.25) is 0 Å². The van der Waals surface area contributed by atoms with E-state index in [4.69, 9.17) is 5.73 Å². The van der Waals surface area contributed by atoms with E-state index in [-0.39, 0.29) is 5.92 Å². The van der Waals surface area contributed by atoms with Crippen LogP contribution < -0.4 is 5.73 Å². The molecule has 2 heterocycles. The lowest BCUT2D eigenvalue weighted by atomic mass is 9.85. The fraction of sp³-hybridized carbons (Fsp3) is 0.0952. The normalized spacial score (nSPS) is 16.5. The Morgan fingerprint density at radius 2 is 1.88 bits per heavy atom. The van der Waals surface area contributed by atoms with Crippen molar-refractivity contribution in [3.63, 3.8) is 0 Å². The summed E-state index contributed by atoms with van der Waals surface area (Å²) in [7, 11) is 0. The Labute approximate surface area is 151 Å². The van der Waals surface area contributed by atoms with Crippen LogP contribution in [0.15, 0.2) is 82.9 Å². The molecule has 122 valence electrons. The average molecular weight is 343 g/mol. The molecule has 1 aromatic heterocycles. The van der Waals surface area contributed by atoms with E-state index in [0.717, 1.165) is 16.1 Å². The second kappa shape index (κ2) is 6.19. The Balaban J connectivity index is 2.08. The van der Waals surface area contributed by atoms with Crippen molar-refractivity contribution in [2.45, 2.75) is 17.5 Å². The molecule has 0 fully saturated rings. The van der Waals surface area contributed by atoms with Crippen LogP contribution in [0.2, 0.25) is 0 Å². The van der Waals surface area contributed by atoms with Gasteiger partial charge < -0.3 is 10.3 Å². The highest BCUT2D eigenvalue weighted by Gasteiger charge is 2.34. The van der Waals surface area contributed by atoms with Crippen molar-refractivity contribution >= 4 is 22.7 Å². The first kappa shape index (κ1) is 15.6. The Kier molecular flexibility index (Phi) is 3.87. The van der Waals surface area contributed by atoms with Crippen LogP contribution in [0.5, 0.6) is 0 Å². The molecule has 0 saturated carbocycles. The molecule has 0 amide bonds. The number of nitrogens with two attached hydrogens (primary N) is 1. The van der Waals surface area contributed by atoms with Crippen molar-refractivity contribution in [1.29, 1.82) is 5.26 Å². The van der Waals surface area contributed by atoms with E-state index in [9.17, 15) is 5.26 Å². The molecule has 4 rings (SSSR count). The van der Waals surface area contributed by atoms with Gasteiger partial charge in [0.2, 0.25) is 0 Å². The van der Waals surface area contributed by atoms with Crippen molar-refractivity contribution in [2.75, 3.05) is 0 Å². The summed E-state index contributed by atoms with van der Waals surface area (Å²) < 4.78 is 2.24. The Morgan fingerprint density at radius 1 is 1.16 bits per heavy atom. The van der Waals surface area contributed by atoms with Gasteiger partial charge in [0.15, 0.2) is 0 Å². The number of benzene rings is 2. The molecule has 1 unspecified atom stereocenters. The second-order valence-electron chi connectivity index (χ2n) is 5.97. The first-order valence-corrected chi connectivity index (χ1v) is 8.92. The summed E-state index contributed by atoms with van der Waals surface area (Å²) in [6.45, 7) is 4.60. The quantitative estimate of drug-likeness (QED) is 0.698. The van der Waals surface area contributed by atoms with Crippen LogP contribution >= 0.6 is 11.8 Å². The molecule has 0 saturated heterocycles. The molecule has 4 heteroatoms. The van der Waals surface area contributed by atoms with E-state index in [1.807, 2.05) is 36.4 Å². The standard InChI is InChI=1S/C21H17N3S/c1-2-12-24-17-11-7-6-10-15(17)19-18(14-8-4-3-5-9-14)16(13-22)20(23)25-21(19)24/h2-11,18H,1,12,23H2. The molecular weight excluding hydrogens is 326 g/mol. The van der Waals surface area contributed by atoms with Crippen LogP contribution in [0, 0.1) is 11.3 Å². The first-order valence-electron chi connectivity index (χ1n) is 8.10. The molecular formula is C21H17N3S. The predicted molar refractivity (Wildman–Crippen MR) is 103 cm³/mol. The van der Waals surface area contributed by atoms with E-state index in [0.29, 0.717) is 17.1 Å². The van der Waals surface area contributed by atoms with Crippen LogP contribution in [0.4, 0.5) is 0 Å². The second-order valence-corrected chi connectivity index (χ2v) is 7.00. The zero-order valence-corrected chi connectivity index (χ0v) is 14.5. The lowest BCUT2D eigenvalue weighted by Crippen LogP contribution is -2.15. The average Bonchev–Trinajstić information content (AvgIpc) is 2.95. The third kappa shape index (κ3) is 2.36. The lowest BCUT2D eigenvalue weighted by molar-refractivity contribution is 0.755. The molecule has 0 radical (unpaired) electrons. The van der Waals surface area contributed by atoms with Crippen LogP contribution in [-0.4, -0.2) is 4.57 Å². The Hall–Kier alpha value is -2.90. The number of thioether (sulfide) groups is 1. The SMILES string of the molecule is C=CCn1c2c(c3ccccc31)C(c1ccccc1)C(C#N)=C(N)S2. The number of hydrogen-bond donors (Lipinski definition) is 1. The van der Waals surface area contributed by atoms with Gasteiger partial charge in [-0.05, 0) is 11.6 Å². The molecule has 1 aliphatic rings. The molecule has 3 nitrogen and oxygen atoms in total. The summed E-state index contributed by atoms with van der Waals surface area (Å²) in [5.74, 6) is -0.140. The van der Waals surface area contributed by atoms with E-state index in [1.165, 1.54) is 22.7 Å². The largest absolute Gasteiger partial charge is 0.392 e. The van der Waals surface area contributed by atoms with Crippen LogP contribution in [-0.2, 0) is 6.54 Å². The maximum atomic E-state index is 9.78. The lowest BCUT2D eigenvalue weighted by Gasteiger charge is -2.25. The smallest absolute Gasteiger partial charge is 0.0984 e. The summed E-state index contributed by atoms with van der Waals surface area (Å²) in [6.07, 6.45) is 1.89. The van der Waals surface area contributed by atoms with Gasteiger partial charge in [-0.15, -0.1) is 6.58 Å². The fourth-order valence-electron chi connectivity index (χ4n) is 3.55. The highest BCUT2D eigenvalue weighted by Crippen LogP contribution is 2.50. The minimum Gasteiger partial charge on any atom is -0.392 e. The van der Waals surface area contributed by atoms with Crippen molar-refractivity contribution in [3.05, 3.63) is 89.0 Å². The topological polar surface area (TPSA) is 54.7 Å². The number of rotatable bonds is 3. The number of fused-ring (bicyclic) bond motifs is 3. The summed E-state index contributed by atoms with van der Waals surface area (Å²) in [5, 5.41) is 12.6. The summed E-state index contributed by atoms with van der Waals surface area (Å²) >= 11 is 1.49. The van der Waals surface area contributed by atoms with Gasteiger partial charge in [0.25, 0.3) is 0 Å². The minimum atomic E-state index is -0.140. The van der Waals surface area contributed by atoms with Crippen LogP contribution in [0.1, 0.15) is 17.0 Å². The zero-order valence-electron chi connectivity index (χ0n) is 13.6. The van der Waals surface area contributed by atoms with Crippen molar-refractivity contribution in [2.24, 2.45) is 5.73 Å². The van der Waals surface area contributed by atoms with Gasteiger partial charge in [0.1, 0.15) is 0 Å². The number of aromatic nitrogens is 1. The van der Waals surface area contributed by atoms with E-state index >= 15 is 0 Å². The van der Waals surface area contributed by atoms with Gasteiger partial charge in [-0.25, -0.2) is 0 Å². The summed E-state index contributed by atoms with van der Waals surface area (Å²) in [6, 6.07) is 20.8. The predicted octanol–water partition coefficient (Wildman–Crippen LogP) is 4.76. The zero-order chi connectivity index (χ0) is 17.4. The molecule has 3 aromatic rings. The molecule has 25 heavy (non-hydrogen) atoms. The molecule has 0 bridgehead atoms. The summed E-state index contributed by atoms with van der Waals surface area (Å²) in [4.78, 5) is 0. The number of nitrogens with zero attached hydrogens (tertiary/aromatic N) is 2. The number of nitriles is 1. The van der Waals surface area contributed by atoms with Crippen molar-refractivity contribution < 1.29 is 0 Å². The molecule has 1 atom stereocenters. The third-order valence-corrected chi connectivity index (χ3v) is 5.65. The fourth-order valence-corrected chi connectivity index (χ4v) is 4.65. The number of allylic oxidation sites excluding steroid dienone is 2. The van der Waals surface area contributed by atoms with Crippen LogP contribution in [0.3, 0.4) is 0 Å². The Bertz CT molecular complexity index is 1040. The molecule has 0 aliphatic carbocycles. The first-order chi connectivity index (χ1) is 12.3. The maximum absolute atomic E-state index is 9.78. The Morgan fingerprint density at radius 3 is 2.60 bits per heavy atom. The van der Waals surface area contributed by atoms with Gasteiger partial charge in [-0.2, -0.15) is 5.26 Å². The third-order valence-electron chi connectivity index (χ3n) is 4.58. The van der Waals surface area contributed by atoms with Crippen molar-refractivity contribution in [1.82, 2.24) is 4.57 Å². The highest BCUT2D eigenvalue weighted by atomic mass is 32.2. The van der Waals surface area contributed by atoms with Crippen molar-refractivity contribution in [3.8, 4) is 6.07 Å². The van der Waals surface area contributed by atoms with Gasteiger partial charge in [0.05, 0.1) is 21.7 Å². The minimum absolute atomic E-state index is 0.140. The maximum Gasteiger partial charge on any atom is 0.0984 e. The number of hydrogen-bond acceptors (Lipinski definition) is 3. The highest BCUT2D eigenvalue weighted by molar-refractivity contribution is 8.03. The molecule has 2 aromatic carbocycles. The molecule has 2 N–H and O–H groups in total. The van der Waals surface area contributed by atoms with Crippen LogP contribution in [0.25, 0.3) is 10.9 Å². The van der Waals surface area contributed by atoms with Gasteiger partial charge in [0, 0.05) is 28.9 Å². The summed E-state index contributed by atoms with van der Waals surface area (Å²) in [5.41, 5.74) is 10.3. The molecule has 1 aliphatic heterocycles. The van der Waals surface area contributed by atoms with Gasteiger partial charge in [-0.1, -0.05) is 66.4 Å². The molecule has 0 spiro atoms.